The molecule has 1 amide bonds. The second-order valence-electron chi connectivity index (χ2n) is 6.69. The van der Waals surface area contributed by atoms with Crippen LogP contribution in [0.15, 0.2) is 45.7 Å². The minimum Gasteiger partial charge on any atom is -0.479 e. The Labute approximate surface area is 167 Å². The number of aromatic nitrogens is 1. The fraction of sp³-hybridized carbons (Fsp3) is 0.286. The van der Waals surface area contributed by atoms with E-state index in [1.165, 1.54) is 4.90 Å². The lowest BCUT2D eigenvalue weighted by Gasteiger charge is -2.22. The van der Waals surface area contributed by atoms with Gasteiger partial charge in [-0.3, -0.25) is 9.78 Å². The first-order valence-electron chi connectivity index (χ1n) is 8.83. The number of benzene rings is 1. The number of pyridine rings is 1. The van der Waals surface area contributed by atoms with Crippen LogP contribution in [0.25, 0.3) is 11.0 Å². The van der Waals surface area contributed by atoms with E-state index in [-0.39, 0.29) is 11.7 Å². The van der Waals surface area contributed by atoms with E-state index >= 15 is 0 Å². The van der Waals surface area contributed by atoms with Gasteiger partial charge in [-0.15, -0.1) is 0 Å². The van der Waals surface area contributed by atoms with Gasteiger partial charge < -0.3 is 14.1 Å². The highest BCUT2D eigenvalue weighted by molar-refractivity contribution is 6.32. The summed E-state index contributed by atoms with van der Waals surface area (Å²) in [6, 6.07) is 8.77. The zero-order valence-electron chi connectivity index (χ0n) is 16.2. The van der Waals surface area contributed by atoms with Crippen molar-refractivity contribution in [2.45, 2.75) is 33.4 Å². The molecule has 0 N–H and O–H groups in total. The summed E-state index contributed by atoms with van der Waals surface area (Å²) in [7, 11) is 1.68. The Balaban J connectivity index is 1.81. The maximum absolute atomic E-state index is 12.6. The molecular formula is C21H21ClN2O4. The van der Waals surface area contributed by atoms with Gasteiger partial charge in [0.2, 0.25) is 0 Å². The number of halogens is 1. The van der Waals surface area contributed by atoms with Crippen LogP contribution >= 0.6 is 11.6 Å². The fourth-order valence-electron chi connectivity index (χ4n) is 2.90. The molecule has 6 nitrogen and oxygen atoms in total. The molecule has 0 fully saturated rings. The van der Waals surface area contributed by atoms with E-state index in [0.29, 0.717) is 22.7 Å². The molecule has 0 aliphatic heterocycles. The summed E-state index contributed by atoms with van der Waals surface area (Å²) in [5.74, 6) is 0.0658. The van der Waals surface area contributed by atoms with Gasteiger partial charge in [-0.2, -0.15) is 0 Å². The predicted molar refractivity (Wildman–Crippen MR) is 108 cm³/mol. The molecule has 0 spiro atoms. The van der Waals surface area contributed by atoms with Gasteiger partial charge in [0.05, 0.1) is 17.3 Å². The highest BCUT2D eigenvalue weighted by Crippen LogP contribution is 2.32. The number of likely N-dealkylation sites (N-methyl/N-ethyl adjacent to an activating group) is 1. The van der Waals surface area contributed by atoms with Crippen molar-refractivity contribution in [2.24, 2.45) is 0 Å². The van der Waals surface area contributed by atoms with Gasteiger partial charge in [-0.05, 0) is 44.5 Å². The van der Waals surface area contributed by atoms with Crippen LogP contribution in [-0.2, 0) is 11.3 Å². The third-order valence-electron chi connectivity index (χ3n) is 4.66. The van der Waals surface area contributed by atoms with Gasteiger partial charge in [-0.25, -0.2) is 4.79 Å². The molecule has 0 bridgehead atoms. The molecule has 2 heterocycles. The second-order valence-corrected chi connectivity index (χ2v) is 7.10. The smallest absolute Gasteiger partial charge is 0.339 e. The summed E-state index contributed by atoms with van der Waals surface area (Å²) in [6.45, 7) is 5.56. The van der Waals surface area contributed by atoms with Gasteiger partial charge >= 0.3 is 5.63 Å². The Morgan fingerprint density at radius 3 is 2.71 bits per heavy atom. The quantitative estimate of drug-likeness (QED) is 0.607. The predicted octanol–water partition coefficient (Wildman–Crippen LogP) is 3.88. The first-order chi connectivity index (χ1) is 13.3. The SMILES string of the molecule is Cc1c(C)c2cc(Cl)c(OC(C)C(=O)N(C)Cc3ccccn3)cc2oc1=O. The van der Waals surface area contributed by atoms with Crippen LogP contribution in [0.5, 0.6) is 5.75 Å². The van der Waals surface area contributed by atoms with Gasteiger partial charge in [0.25, 0.3) is 5.91 Å². The number of hydrogen-bond acceptors (Lipinski definition) is 5. The summed E-state index contributed by atoms with van der Waals surface area (Å²) in [5.41, 5.74) is 2.09. The lowest BCUT2D eigenvalue weighted by molar-refractivity contribution is -0.137. The number of ether oxygens (including phenoxy) is 1. The third-order valence-corrected chi connectivity index (χ3v) is 4.96. The Bertz CT molecular complexity index is 1080. The van der Waals surface area contributed by atoms with E-state index in [9.17, 15) is 9.59 Å². The van der Waals surface area contributed by atoms with Crippen LogP contribution in [-0.4, -0.2) is 28.9 Å². The maximum atomic E-state index is 12.6. The summed E-state index contributed by atoms with van der Waals surface area (Å²) >= 11 is 6.35. The molecule has 7 heteroatoms. The molecule has 1 unspecified atom stereocenters. The van der Waals surface area contributed by atoms with E-state index < -0.39 is 11.7 Å². The topological polar surface area (TPSA) is 72.6 Å². The van der Waals surface area contributed by atoms with Crippen LogP contribution in [0.2, 0.25) is 5.02 Å². The van der Waals surface area contributed by atoms with E-state index in [4.69, 9.17) is 20.8 Å². The molecule has 2 aromatic heterocycles. The number of aryl methyl sites for hydroxylation is 1. The zero-order valence-corrected chi connectivity index (χ0v) is 16.9. The molecule has 1 aromatic carbocycles. The third kappa shape index (κ3) is 4.02. The van der Waals surface area contributed by atoms with Crippen LogP contribution in [0.3, 0.4) is 0 Å². The maximum Gasteiger partial charge on any atom is 0.339 e. The Morgan fingerprint density at radius 1 is 1.29 bits per heavy atom. The van der Waals surface area contributed by atoms with Crippen molar-refractivity contribution < 1.29 is 13.9 Å². The number of carbonyl (C=O) groups is 1. The highest BCUT2D eigenvalue weighted by atomic mass is 35.5. The summed E-state index contributed by atoms with van der Waals surface area (Å²) in [6.07, 6.45) is 0.904. The van der Waals surface area contributed by atoms with E-state index in [0.717, 1.165) is 16.6 Å². The molecular weight excluding hydrogens is 380 g/mol. The van der Waals surface area contributed by atoms with Crippen molar-refractivity contribution in [3.8, 4) is 5.75 Å². The number of hydrogen-bond donors (Lipinski definition) is 0. The molecule has 3 aromatic rings. The number of amides is 1. The average Bonchev–Trinajstić information content (AvgIpc) is 2.68. The van der Waals surface area contributed by atoms with E-state index in [1.54, 1.807) is 39.2 Å². The molecule has 0 saturated carbocycles. The van der Waals surface area contributed by atoms with Crippen molar-refractivity contribution in [3.63, 3.8) is 0 Å². The molecule has 0 aliphatic carbocycles. The minimum atomic E-state index is -0.776. The number of carbonyl (C=O) groups excluding carboxylic acids is 1. The molecule has 0 aliphatic rings. The second kappa shape index (κ2) is 8.02. The lowest BCUT2D eigenvalue weighted by Crippen LogP contribution is -2.37. The summed E-state index contributed by atoms with van der Waals surface area (Å²) in [5, 5.41) is 1.08. The van der Waals surface area contributed by atoms with Crippen molar-refractivity contribution in [2.75, 3.05) is 7.05 Å². The van der Waals surface area contributed by atoms with Crippen molar-refractivity contribution in [3.05, 3.63) is 68.8 Å². The van der Waals surface area contributed by atoms with Crippen LogP contribution in [0.1, 0.15) is 23.7 Å². The minimum absolute atomic E-state index is 0.219. The van der Waals surface area contributed by atoms with Gasteiger partial charge in [0.1, 0.15) is 11.3 Å². The van der Waals surface area contributed by atoms with Crippen molar-refractivity contribution in [1.82, 2.24) is 9.88 Å². The van der Waals surface area contributed by atoms with E-state index in [2.05, 4.69) is 4.98 Å². The van der Waals surface area contributed by atoms with Crippen LogP contribution in [0, 0.1) is 13.8 Å². The zero-order chi connectivity index (χ0) is 20.4. The van der Waals surface area contributed by atoms with Crippen LogP contribution in [0.4, 0.5) is 0 Å². The largest absolute Gasteiger partial charge is 0.479 e. The summed E-state index contributed by atoms with van der Waals surface area (Å²) < 4.78 is 11.1. The molecule has 28 heavy (non-hydrogen) atoms. The average molecular weight is 401 g/mol. The van der Waals surface area contributed by atoms with Crippen molar-refractivity contribution >= 4 is 28.5 Å². The molecule has 3 rings (SSSR count). The standard InChI is InChI=1S/C21H21ClN2O4/c1-12-13(2)21(26)28-18-10-19(17(22)9-16(12)18)27-14(3)20(25)24(4)11-15-7-5-6-8-23-15/h5-10,14H,11H2,1-4H3. The highest BCUT2D eigenvalue weighted by Gasteiger charge is 2.21. The van der Waals surface area contributed by atoms with E-state index in [1.807, 2.05) is 25.1 Å². The van der Waals surface area contributed by atoms with Gasteiger partial charge in [0.15, 0.2) is 6.10 Å². The molecule has 1 atom stereocenters. The monoisotopic (exact) mass is 400 g/mol. The molecule has 146 valence electrons. The number of fused-ring (bicyclic) bond motifs is 1. The first kappa shape index (κ1) is 19.9. The number of rotatable bonds is 5. The Hall–Kier alpha value is -2.86. The Morgan fingerprint density at radius 2 is 2.04 bits per heavy atom. The lowest BCUT2D eigenvalue weighted by atomic mass is 10.1. The number of nitrogens with zero attached hydrogens (tertiary/aromatic N) is 2. The molecule has 0 saturated heterocycles. The summed E-state index contributed by atoms with van der Waals surface area (Å²) in [4.78, 5) is 30.3. The van der Waals surface area contributed by atoms with Crippen molar-refractivity contribution in [1.29, 1.82) is 0 Å². The van der Waals surface area contributed by atoms with Gasteiger partial charge in [0, 0.05) is 30.3 Å². The fourth-order valence-corrected chi connectivity index (χ4v) is 3.11. The Kier molecular flexibility index (Phi) is 5.70. The normalized spacial score (nSPS) is 12.0. The van der Waals surface area contributed by atoms with Gasteiger partial charge in [-0.1, -0.05) is 17.7 Å². The van der Waals surface area contributed by atoms with Crippen LogP contribution < -0.4 is 10.4 Å². The molecule has 0 radical (unpaired) electrons. The first-order valence-corrected chi connectivity index (χ1v) is 9.21.